The van der Waals surface area contributed by atoms with Crippen LogP contribution in [0.4, 0.5) is 10.8 Å². The lowest BCUT2D eigenvalue weighted by molar-refractivity contribution is -0.384. The highest BCUT2D eigenvalue weighted by molar-refractivity contribution is 7.22. The smallest absolute Gasteiger partial charge is 0.269 e. The Kier molecular flexibility index (Phi) is 5.43. The number of rotatable bonds is 5. The number of carbonyl (C=O) groups excluding carboxylic acids is 1. The molecule has 0 radical (unpaired) electrons. The van der Waals surface area contributed by atoms with Crippen molar-refractivity contribution in [3.8, 4) is 0 Å². The van der Waals surface area contributed by atoms with Crippen LogP contribution in [0.2, 0.25) is 5.02 Å². The largest absolute Gasteiger partial charge is 0.279 e. The molecule has 4 rings (SSSR count). The molecule has 2 heterocycles. The monoisotopic (exact) mass is 438 g/mol. The first-order valence-electron chi connectivity index (χ1n) is 8.94. The van der Waals surface area contributed by atoms with Crippen molar-refractivity contribution in [2.24, 2.45) is 0 Å². The third kappa shape index (κ3) is 4.00. The zero-order chi connectivity index (χ0) is 21.3. The molecule has 2 aromatic heterocycles. The molecule has 0 unspecified atom stereocenters. The van der Waals surface area contributed by atoms with E-state index in [9.17, 15) is 14.9 Å². The highest BCUT2D eigenvalue weighted by Crippen LogP contribution is 2.34. The number of fused-ring (bicyclic) bond motifs is 1. The van der Waals surface area contributed by atoms with E-state index in [-0.39, 0.29) is 18.1 Å². The Labute approximate surface area is 180 Å². The van der Waals surface area contributed by atoms with Crippen LogP contribution in [0, 0.1) is 17.0 Å². The van der Waals surface area contributed by atoms with E-state index in [0.29, 0.717) is 15.7 Å². The Bertz CT molecular complexity index is 1240. The van der Waals surface area contributed by atoms with Gasteiger partial charge in [-0.05, 0) is 48.4 Å². The van der Waals surface area contributed by atoms with Crippen molar-refractivity contribution in [2.75, 3.05) is 4.90 Å². The lowest BCUT2D eigenvalue weighted by atomic mass is 10.1. The van der Waals surface area contributed by atoms with E-state index < -0.39 is 4.92 Å². The first-order chi connectivity index (χ1) is 14.4. The van der Waals surface area contributed by atoms with Crippen LogP contribution in [0.5, 0.6) is 0 Å². The highest BCUT2D eigenvalue weighted by Gasteiger charge is 2.23. The van der Waals surface area contributed by atoms with Gasteiger partial charge in [0, 0.05) is 35.1 Å². The highest BCUT2D eigenvalue weighted by atomic mass is 35.5. The molecule has 30 heavy (non-hydrogen) atoms. The molecule has 0 saturated carbocycles. The first-order valence-corrected chi connectivity index (χ1v) is 10.1. The van der Waals surface area contributed by atoms with Crippen molar-refractivity contribution >= 4 is 49.9 Å². The number of halogens is 1. The van der Waals surface area contributed by atoms with E-state index >= 15 is 0 Å². The third-order valence-corrected chi connectivity index (χ3v) is 5.75. The molecule has 0 aliphatic heterocycles. The molecule has 0 bridgehead atoms. The summed E-state index contributed by atoms with van der Waals surface area (Å²) in [4.78, 5) is 34.1. The zero-order valence-corrected chi connectivity index (χ0v) is 17.4. The number of aryl methyl sites for hydroxylation is 1. The lowest BCUT2D eigenvalue weighted by Crippen LogP contribution is -2.30. The van der Waals surface area contributed by atoms with Crippen LogP contribution in [-0.2, 0) is 6.54 Å². The first kappa shape index (κ1) is 19.9. The van der Waals surface area contributed by atoms with Gasteiger partial charge in [0.25, 0.3) is 11.6 Å². The molecule has 7 nitrogen and oxygen atoms in total. The standard InChI is InChI=1S/C21H15ClN4O3S/c1-13-9-16(22)10-18-19(13)24-21(30-18)25(12-14-3-2-8-23-11-14)20(27)15-4-6-17(7-5-15)26(28)29/h2-11H,12H2,1H3. The Morgan fingerprint density at radius 2 is 2.00 bits per heavy atom. The van der Waals surface area contributed by atoms with Gasteiger partial charge in [-0.25, -0.2) is 4.98 Å². The van der Waals surface area contributed by atoms with Gasteiger partial charge in [0.1, 0.15) is 0 Å². The van der Waals surface area contributed by atoms with Crippen LogP contribution in [0.3, 0.4) is 0 Å². The minimum atomic E-state index is -0.498. The summed E-state index contributed by atoms with van der Waals surface area (Å²) < 4.78 is 0.877. The molecule has 0 N–H and O–H groups in total. The fourth-order valence-electron chi connectivity index (χ4n) is 3.04. The number of nitro groups is 1. The number of nitro benzene ring substituents is 1. The van der Waals surface area contributed by atoms with Gasteiger partial charge < -0.3 is 0 Å². The van der Waals surface area contributed by atoms with E-state index in [1.165, 1.54) is 35.6 Å². The quantitative estimate of drug-likeness (QED) is 0.307. The summed E-state index contributed by atoms with van der Waals surface area (Å²) in [5.41, 5.74) is 2.80. The van der Waals surface area contributed by atoms with Crippen molar-refractivity contribution in [3.05, 3.63) is 92.8 Å². The van der Waals surface area contributed by atoms with Crippen LogP contribution in [0.15, 0.2) is 60.9 Å². The number of benzene rings is 2. The molecule has 150 valence electrons. The van der Waals surface area contributed by atoms with Crippen LogP contribution in [0.25, 0.3) is 10.2 Å². The average Bonchev–Trinajstić information content (AvgIpc) is 3.16. The van der Waals surface area contributed by atoms with Gasteiger partial charge in [-0.3, -0.25) is 24.8 Å². The molecule has 2 aromatic carbocycles. The number of aromatic nitrogens is 2. The van der Waals surface area contributed by atoms with E-state index in [4.69, 9.17) is 11.6 Å². The second-order valence-electron chi connectivity index (χ2n) is 6.62. The second-order valence-corrected chi connectivity index (χ2v) is 8.07. The van der Waals surface area contributed by atoms with Crippen LogP contribution in [-0.4, -0.2) is 20.8 Å². The SMILES string of the molecule is Cc1cc(Cl)cc2sc(N(Cc3cccnc3)C(=O)c3ccc([N+](=O)[O-])cc3)nc12. The number of anilines is 1. The molecular weight excluding hydrogens is 424 g/mol. The number of pyridine rings is 1. The van der Waals surface area contributed by atoms with Crippen molar-refractivity contribution in [1.29, 1.82) is 0 Å². The molecule has 9 heteroatoms. The van der Waals surface area contributed by atoms with Gasteiger partial charge in [-0.1, -0.05) is 29.0 Å². The number of amides is 1. The fraction of sp³-hybridized carbons (Fsp3) is 0.0952. The molecule has 0 spiro atoms. The molecule has 0 fully saturated rings. The number of thiazole rings is 1. The summed E-state index contributed by atoms with van der Waals surface area (Å²) in [5.74, 6) is -0.309. The fourth-order valence-corrected chi connectivity index (χ4v) is 4.46. The molecular formula is C21H15ClN4O3S. The Morgan fingerprint density at radius 1 is 1.23 bits per heavy atom. The Hall–Kier alpha value is -3.36. The zero-order valence-electron chi connectivity index (χ0n) is 15.8. The van der Waals surface area contributed by atoms with Crippen molar-refractivity contribution in [2.45, 2.75) is 13.5 Å². The van der Waals surface area contributed by atoms with Gasteiger partial charge in [-0.2, -0.15) is 0 Å². The van der Waals surface area contributed by atoms with Crippen LogP contribution >= 0.6 is 22.9 Å². The summed E-state index contributed by atoms with van der Waals surface area (Å²) in [6, 6.07) is 12.9. The normalized spacial score (nSPS) is 10.9. The third-order valence-electron chi connectivity index (χ3n) is 4.50. The van der Waals surface area contributed by atoms with Crippen LogP contribution in [0.1, 0.15) is 21.5 Å². The van der Waals surface area contributed by atoms with E-state index in [0.717, 1.165) is 21.3 Å². The molecule has 0 aliphatic rings. The van der Waals surface area contributed by atoms with Crippen molar-refractivity contribution in [3.63, 3.8) is 0 Å². The van der Waals surface area contributed by atoms with Gasteiger partial charge in [0.2, 0.25) is 0 Å². The van der Waals surface area contributed by atoms with E-state index in [1.54, 1.807) is 23.4 Å². The lowest BCUT2D eigenvalue weighted by Gasteiger charge is -2.20. The van der Waals surface area contributed by atoms with Gasteiger partial charge in [0.05, 0.1) is 21.7 Å². The maximum Gasteiger partial charge on any atom is 0.269 e. The van der Waals surface area contributed by atoms with Gasteiger partial charge in [-0.15, -0.1) is 0 Å². The predicted molar refractivity (Wildman–Crippen MR) is 117 cm³/mol. The molecule has 0 saturated heterocycles. The Morgan fingerprint density at radius 3 is 2.67 bits per heavy atom. The summed E-state index contributed by atoms with van der Waals surface area (Å²) in [6.45, 7) is 2.18. The maximum atomic E-state index is 13.3. The molecule has 0 aliphatic carbocycles. The van der Waals surface area contributed by atoms with E-state index in [2.05, 4.69) is 9.97 Å². The van der Waals surface area contributed by atoms with Gasteiger partial charge >= 0.3 is 0 Å². The second kappa shape index (κ2) is 8.17. The van der Waals surface area contributed by atoms with Crippen molar-refractivity contribution in [1.82, 2.24) is 9.97 Å². The summed E-state index contributed by atoms with van der Waals surface area (Å²) in [7, 11) is 0. The number of nitrogens with zero attached hydrogens (tertiary/aromatic N) is 4. The average molecular weight is 439 g/mol. The Balaban J connectivity index is 1.77. The number of carbonyl (C=O) groups is 1. The topological polar surface area (TPSA) is 89.2 Å². The number of non-ortho nitro benzene ring substituents is 1. The minimum absolute atomic E-state index is 0.0735. The molecule has 0 atom stereocenters. The minimum Gasteiger partial charge on any atom is -0.279 e. The summed E-state index contributed by atoms with van der Waals surface area (Å²) in [5, 5.41) is 12.0. The number of hydrogen-bond acceptors (Lipinski definition) is 6. The van der Waals surface area contributed by atoms with Crippen molar-refractivity contribution < 1.29 is 9.72 Å². The van der Waals surface area contributed by atoms with E-state index in [1.807, 2.05) is 25.1 Å². The summed E-state index contributed by atoms with van der Waals surface area (Å²) in [6.07, 6.45) is 3.35. The molecule has 1 amide bonds. The maximum absolute atomic E-state index is 13.3. The summed E-state index contributed by atoms with van der Waals surface area (Å²) >= 11 is 7.54. The number of hydrogen-bond donors (Lipinski definition) is 0. The van der Waals surface area contributed by atoms with Gasteiger partial charge in [0.15, 0.2) is 5.13 Å². The predicted octanol–water partition coefficient (Wildman–Crippen LogP) is 5.41. The molecule has 4 aromatic rings. The van der Waals surface area contributed by atoms with Crippen LogP contribution < -0.4 is 4.90 Å².